The Labute approximate surface area is 153 Å². The molecule has 0 aliphatic carbocycles. The Hall–Kier alpha value is -2.05. The van der Waals surface area contributed by atoms with Crippen LogP contribution in [-0.4, -0.2) is 33.7 Å². The zero-order valence-corrected chi connectivity index (χ0v) is 16.0. The number of carbonyl (C=O) groups is 1. The predicted molar refractivity (Wildman–Crippen MR) is 102 cm³/mol. The number of nitrogens with zero attached hydrogens (tertiary/aromatic N) is 1. The molecule has 1 N–H and O–H groups in total. The summed E-state index contributed by atoms with van der Waals surface area (Å²) in [5, 5.41) is 3.06. The number of hydrogen-bond acceptors (Lipinski definition) is 3. The van der Waals surface area contributed by atoms with E-state index in [2.05, 4.69) is 5.32 Å². The Morgan fingerprint density at radius 3 is 2.40 bits per heavy atom. The zero-order chi connectivity index (χ0) is 18.6. The van der Waals surface area contributed by atoms with Gasteiger partial charge in [0.25, 0.3) is 5.91 Å². The number of aryl methyl sites for hydroxylation is 2. The third-order valence-corrected chi connectivity index (χ3v) is 5.42. The molecule has 1 amide bonds. The maximum Gasteiger partial charge on any atom is 0.252 e. The van der Waals surface area contributed by atoms with Crippen molar-refractivity contribution in [1.29, 1.82) is 0 Å². The van der Waals surface area contributed by atoms with Crippen molar-refractivity contribution < 1.29 is 13.2 Å². The molecule has 0 unspecified atom stereocenters. The van der Waals surface area contributed by atoms with Gasteiger partial charge in [0.05, 0.1) is 29.1 Å². The van der Waals surface area contributed by atoms with Gasteiger partial charge in [-0.05, 0) is 49.2 Å². The van der Waals surface area contributed by atoms with Crippen LogP contribution < -0.4 is 9.62 Å². The lowest BCUT2D eigenvalue weighted by Gasteiger charge is -2.23. The van der Waals surface area contributed by atoms with Crippen LogP contribution in [0.3, 0.4) is 0 Å². The van der Waals surface area contributed by atoms with Gasteiger partial charge in [-0.3, -0.25) is 9.10 Å². The third-order valence-electron chi connectivity index (χ3n) is 3.90. The smallest absolute Gasteiger partial charge is 0.252 e. The summed E-state index contributed by atoms with van der Waals surface area (Å²) in [5.74, 6) is -0.334. The first-order chi connectivity index (χ1) is 11.7. The quantitative estimate of drug-likeness (QED) is 0.837. The molecule has 0 aliphatic heterocycles. The van der Waals surface area contributed by atoms with E-state index < -0.39 is 10.0 Å². The van der Waals surface area contributed by atoms with Crippen LogP contribution in [0.4, 0.5) is 5.69 Å². The van der Waals surface area contributed by atoms with E-state index in [1.165, 1.54) is 4.31 Å². The van der Waals surface area contributed by atoms with Crippen LogP contribution in [0.25, 0.3) is 0 Å². The van der Waals surface area contributed by atoms with Gasteiger partial charge in [0.2, 0.25) is 10.0 Å². The fourth-order valence-electron chi connectivity index (χ4n) is 2.38. The van der Waals surface area contributed by atoms with Crippen molar-refractivity contribution in [2.45, 2.75) is 13.8 Å². The van der Waals surface area contributed by atoms with Crippen LogP contribution in [0.15, 0.2) is 42.5 Å². The van der Waals surface area contributed by atoms with E-state index in [1.54, 1.807) is 30.3 Å². The molecule has 0 atom stereocenters. The Balaban J connectivity index is 2.10. The second-order valence-corrected chi connectivity index (χ2v) is 8.15. The highest BCUT2D eigenvalue weighted by Crippen LogP contribution is 2.21. The molecule has 0 fully saturated rings. The van der Waals surface area contributed by atoms with Crippen LogP contribution in [0.5, 0.6) is 0 Å². The number of sulfonamides is 1. The van der Waals surface area contributed by atoms with Crippen molar-refractivity contribution >= 4 is 33.2 Å². The third kappa shape index (κ3) is 4.96. The Morgan fingerprint density at radius 1 is 1.12 bits per heavy atom. The van der Waals surface area contributed by atoms with Crippen molar-refractivity contribution in [3.8, 4) is 0 Å². The van der Waals surface area contributed by atoms with Gasteiger partial charge < -0.3 is 5.32 Å². The number of amides is 1. The standard InChI is InChI=1S/C18H21ClN2O3S/c1-13-8-9-15(12-14(13)2)21(25(3,23)24)11-10-20-18(22)16-6-4-5-7-17(16)19/h4-9,12H,10-11H2,1-3H3,(H,20,22). The lowest BCUT2D eigenvalue weighted by molar-refractivity contribution is 0.0955. The largest absolute Gasteiger partial charge is 0.350 e. The lowest BCUT2D eigenvalue weighted by Crippen LogP contribution is -2.38. The first-order valence-corrected chi connectivity index (χ1v) is 10.0. The number of rotatable bonds is 6. The van der Waals surface area contributed by atoms with Crippen molar-refractivity contribution in [2.75, 3.05) is 23.7 Å². The molecule has 2 rings (SSSR count). The minimum Gasteiger partial charge on any atom is -0.350 e. The van der Waals surface area contributed by atoms with Gasteiger partial charge in [0, 0.05) is 6.54 Å². The van der Waals surface area contributed by atoms with Crippen LogP contribution in [0.1, 0.15) is 21.5 Å². The summed E-state index contributed by atoms with van der Waals surface area (Å²) < 4.78 is 25.5. The summed E-state index contributed by atoms with van der Waals surface area (Å²) in [6.45, 7) is 4.20. The van der Waals surface area contributed by atoms with E-state index in [9.17, 15) is 13.2 Å². The number of hydrogen-bond donors (Lipinski definition) is 1. The number of halogens is 1. The van der Waals surface area contributed by atoms with Gasteiger partial charge >= 0.3 is 0 Å². The summed E-state index contributed by atoms with van der Waals surface area (Å²) in [7, 11) is -3.46. The summed E-state index contributed by atoms with van der Waals surface area (Å²) >= 11 is 5.99. The molecule has 0 bridgehead atoms. The van der Waals surface area contributed by atoms with Gasteiger partial charge in [-0.25, -0.2) is 8.42 Å². The molecule has 0 aromatic heterocycles. The fourth-order valence-corrected chi connectivity index (χ4v) is 3.52. The molecular formula is C18H21ClN2O3S. The van der Waals surface area contributed by atoms with Crippen LogP contribution in [-0.2, 0) is 10.0 Å². The van der Waals surface area contributed by atoms with E-state index in [0.717, 1.165) is 17.4 Å². The van der Waals surface area contributed by atoms with Crippen LogP contribution in [0, 0.1) is 13.8 Å². The molecule has 0 aliphatic rings. The van der Waals surface area contributed by atoms with Gasteiger partial charge in [-0.1, -0.05) is 29.8 Å². The van der Waals surface area contributed by atoms with Crippen molar-refractivity contribution in [2.24, 2.45) is 0 Å². The SMILES string of the molecule is Cc1ccc(N(CCNC(=O)c2ccccc2Cl)S(C)(=O)=O)cc1C. The number of anilines is 1. The molecule has 0 spiro atoms. The van der Waals surface area contributed by atoms with Crippen molar-refractivity contribution in [1.82, 2.24) is 5.32 Å². The van der Waals surface area contributed by atoms with E-state index in [4.69, 9.17) is 11.6 Å². The van der Waals surface area contributed by atoms with E-state index >= 15 is 0 Å². The van der Waals surface area contributed by atoms with Crippen LogP contribution in [0.2, 0.25) is 5.02 Å². The Bertz CT molecular complexity index is 882. The van der Waals surface area contributed by atoms with Gasteiger partial charge in [0.15, 0.2) is 0 Å². The van der Waals surface area contributed by atoms with E-state index in [-0.39, 0.29) is 19.0 Å². The summed E-state index contributed by atoms with van der Waals surface area (Å²) in [6.07, 6.45) is 1.15. The maximum atomic E-state index is 12.2. The highest BCUT2D eigenvalue weighted by molar-refractivity contribution is 7.92. The molecule has 0 heterocycles. The van der Waals surface area contributed by atoms with Gasteiger partial charge in [-0.15, -0.1) is 0 Å². The summed E-state index contributed by atoms with van der Waals surface area (Å²) in [5.41, 5.74) is 3.04. The molecule has 2 aromatic rings. The average Bonchev–Trinajstić information content (AvgIpc) is 2.53. The minimum atomic E-state index is -3.46. The monoisotopic (exact) mass is 380 g/mol. The lowest BCUT2D eigenvalue weighted by atomic mass is 10.1. The second kappa shape index (κ2) is 7.89. The molecule has 25 heavy (non-hydrogen) atoms. The number of benzene rings is 2. The number of carbonyl (C=O) groups excluding carboxylic acids is 1. The van der Waals surface area contributed by atoms with E-state index in [0.29, 0.717) is 16.3 Å². The molecule has 134 valence electrons. The first kappa shape index (κ1) is 19.3. The van der Waals surface area contributed by atoms with Crippen LogP contribution >= 0.6 is 11.6 Å². The zero-order valence-electron chi connectivity index (χ0n) is 14.4. The Kier molecular flexibility index (Phi) is 6.08. The molecule has 0 saturated heterocycles. The van der Waals surface area contributed by atoms with Crippen molar-refractivity contribution in [3.05, 3.63) is 64.2 Å². The molecule has 5 nitrogen and oxygen atoms in total. The minimum absolute atomic E-state index is 0.136. The normalized spacial score (nSPS) is 11.2. The molecule has 7 heteroatoms. The molecule has 0 radical (unpaired) electrons. The second-order valence-electron chi connectivity index (χ2n) is 5.84. The molecule has 0 saturated carbocycles. The molecule has 2 aromatic carbocycles. The molecular weight excluding hydrogens is 360 g/mol. The summed E-state index contributed by atoms with van der Waals surface area (Å²) in [4.78, 5) is 12.2. The van der Waals surface area contributed by atoms with Gasteiger partial charge in [0.1, 0.15) is 0 Å². The maximum absolute atomic E-state index is 12.2. The number of nitrogens with one attached hydrogen (secondary N) is 1. The summed E-state index contributed by atoms with van der Waals surface area (Å²) in [6, 6.07) is 12.2. The Morgan fingerprint density at radius 2 is 1.80 bits per heavy atom. The van der Waals surface area contributed by atoms with Gasteiger partial charge in [-0.2, -0.15) is 0 Å². The average molecular weight is 381 g/mol. The topological polar surface area (TPSA) is 66.5 Å². The first-order valence-electron chi connectivity index (χ1n) is 7.78. The highest BCUT2D eigenvalue weighted by Gasteiger charge is 2.18. The van der Waals surface area contributed by atoms with Crippen molar-refractivity contribution in [3.63, 3.8) is 0 Å². The highest BCUT2D eigenvalue weighted by atomic mass is 35.5. The van der Waals surface area contributed by atoms with E-state index in [1.807, 2.05) is 26.0 Å². The predicted octanol–water partition coefficient (Wildman–Crippen LogP) is 3.15. The fraction of sp³-hybridized carbons (Fsp3) is 0.278.